The number of ether oxygens (including phenoxy) is 1. The molecule has 0 atom stereocenters. The summed E-state index contributed by atoms with van der Waals surface area (Å²) in [6, 6.07) is 9.43. The summed E-state index contributed by atoms with van der Waals surface area (Å²) in [5.74, 6) is 0. The van der Waals surface area contributed by atoms with Gasteiger partial charge >= 0.3 is 6.09 Å². The Labute approximate surface area is 150 Å². The number of nitrogens with one attached hydrogen (secondary N) is 1. The summed E-state index contributed by atoms with van der Waals surface area (Å²) < 4.78 is 5.13. The van der Waals surface area contributed by atoms with Crippen molar-refractivity contribution in [3.05, 3.63) is 29.8 Å². The molecular formula is C20H29N3O2. The Hall–Kier alpha value is -1.75. The molecule has 4 rings (SSSR count). The summed E-state index contributed by atoms with van der Waals surface area (Å²) >= 11 is 0. The fourth-order valence-electron chi connectivity index (χ4n) is 4.85. The fourth-order valence-corrected chi connectivity index (χ4v) is 4.85. The van der Waals surface area contributed by atoms with Gasteiger partial charge in [0.25, 0.3) is 0 Å². The smallest absolute Gasteiger partial charge is 0.409 e. The van der Waals surface area contributed by atoms with Crippen molar-refractivity contribution in [2.75, 3.05) is 44.6 Å². The minimum Gasteiger partial charge on any atom is -0.450 e. The number of nitrogens with zero attached hydrogens (tertiary/aromatic N) is 2. The number of piperidine rings is 2. The molecule has 1 aromatic carbocycles. The van der Waals surface area contributed by atoms with Crippen LogP contribution in [-0.2, 0) is 10.2 Å². The zero-order valence-electron chi connectivity index (χ0n) is 15.2. The molecule has 0 radical (unpaired) electrons. The molecule has 25 heavy (non-hydrogen) atoms. The number of para-hydroxylation sites is 1. The monoisotopic (exact) mass is 343 g/mol. The first kappa shape index (κ1) is 16.7. The number of benzene rings is 1. The van der Waals surface area contributed by atoms with E-state index in [0.717, 1.165) is 32.5 Å². The second-order valence-electron chi connectivity index (χ2n) is 7.63. The molecule has 2 saturated heterocycles. The Morgan fingerprint density at radius 1 is 1.20 bits per heavy atom. The largest absolute Gasteiger partial charge is 0.450 e. The topological polar surface area (TPSA) is 44.8 Å². The Morgan fingerprint density at radius 2 is 1.92 bits per heavy atom. The lowest BCUT2D eigenvalue weighted by Crippen LogP contribution is -2.51. The van der Waals surface area contributed by atoms with E-state index in [1.165, 1.54) is 37.2 Å². The number of amides is 1. The second-order valence-corrected chi connectivity index (χ2v) is 7.63. The first-order valence-corrected chi connectivity index (χ1v) is 9.71. The van der Waals surface area contributed by atoms with Gasteiger partial charge in [0, 0.05) is 36.8 Å². The van der Waals surface area contributed by atoms with Gasteiger partial charge < -0.3 is 19.9 Å². The van der Waals surface area contributed by atoms with Crippen molar-refractivity contribution in [2.24, 2.45) is 0 Å². The first-order valence-electron chi connectivity index (χ1n) is 9.71. The lowest BCUT2D eigenvalue weighted by molar-refractivity contribution is 0.0584. The molecule has 5 heteroatoms. The van der Waals surface area contributed by atoms with Crippen molar-refractivity contribution in [3.8, 4) is 0 Å². The minimum absolute atomic E-state index is 0.146. The van der Waals surface area contributed by atoms with E-state index >= 15 is 0 Å². The van der Waals surface area contributed by atoms with Crippen molar-refractivity contribution in [3.63, 3.8) is 0 Å². The zero-order chi connectivity index (χ0) is 17.3. The molecule has 1 spiro atoms. The highest BCUT2D eigenvalue weighted by Crippen LogP contribution is 2.44. The molecule has 0 aromatic heterocycles. The molecule has 0 saturated carbocycles. The molecule has 0 unspecified atom stereocenters. The average Bonchev–Trinajstić information content (AvgIpc) is 3.01. The zero-order valence-corrected chi connectivity index (χ0v) is 15.2. The van der Waals surface area contributed by atoms with E-state index in [-0.39, 0.29) is 6.09 Å². The molecule has 5 nitrogen and oxygen atoms in total. The van der Waals surface area contributed by atoms with E-state index in [2.05, 4.69) is 34.5 Å². The van der Waals surface area contributed by atoms with Gasteiger partial charge in [-0.25, -0.2) is 4.79 Å². The van der Waals surface area contributed by atoms with E-state index in [4.69, 9.17) is 4.74 Å². The molecular weight excluding hydrogens is 314 g/mol. The molecule has 3 heterocycles. The summed E-state index contributed by atoms with van der Waals surface area (Å²) in [4.78, 5) is 16.4. The highest BCUT2D eigenvalue weighted by Gasteiger charge is 2.42. The molecule has 3 aliphatic rings. The van der Waals surface area contributed by atoms with E-state index < -0.39 is 0 Å². The van der Waals surface area contributed by atoms with Crippen molar-refractivity contribution in [2.45, 2.75) is 44.1 Å². The number of hydrogen-bond acceptors (Lipinski definition) is 4. The SMILES string of the molecule is CCOC(=O)N1CCC(N2CCC3(CC2)CNc2ccccc23)CC1. The standard InChI is InChI=1S/C20H29N3O2/c1-2-25-19(24)23-11-7-16(8-12-23)22-13-9-20(10-14-22)15-21-18-6-4-3-5-17(18)20/h3-6,16,21H,2,7-15H2,1H3. The number of carbonyl (C=O) groups is 1. The van der Waals surface area contributed by atoms with Crippen molar-refractivity contribution in [1.29, 1.82) is 0 Å². The number of likely N-dealkylation sites (tertiary alicyclic amines) is 2. The third kappa shape index (κ3) is 3.10. The van der Waals surface area contributed by atoms with Gasteiger partial charge in [-0.05, 0) is 57.3 Å². The van der Waals surface area contributed by atoms with Crippen molar-refractivity contribution >= 4 is 11.8 Å². The first-order chi connectivity index (χ1) is 12.2. The summed E-state index contributed by atoms with van der Waals surface area (Å²) in [5, 5.41) is 3.61. The number of anilines is 1. The third-order valence-corrected chi connectivity index (χ3v) is 6.38. The van der Waals surface area contributed by atoms with Gasteiger partial charge in [0.05, 0.1) is 6.61 Å². The Bertz CT molecular complexity index is 617. The van der Waals surface area contributed by atoms with Crippen LogP contribution in [0, 0.1) is 0 Å². The molecule has 1 aromatic rings. The number of carbonyl (C=O) groups excluding carboxylic acids is 1. The van der Waals surface area contributed by atoms with Gasteiger partial charge in [0.15, 0.2) is 0 Å². The van der Waals surface area contributed by atoms with Gasteiger partial charge in [-0.15, -0.1) is 0 Å². The van der Waals surface area contributed by atoms with Crippen molar-refractivity contribution in [1.82, 2.24) is 9.80 Å². The molecule has 1 amide bonds. The minimum atomic E-state index is -0.146. The van der Waals surface area contributed by atoms with E-state index in [1.54, 1.807) is 0 Å². The van der Waals surface area contributed by atoms with Crippen LogP contribution in [0.25, 0.3) is 0 Å². The fraction of sp³-hybridized carbons (Fsp3) is 0.650. The normalized spacial score (nSPS) is 23.3. The highest BCUT2D eigenvalue weighted by molar-refractivity contribution is 5.67. The van der Waals surface area contributed by atoms with Gasteiger partial charge in [-0.1, -0.05) is 18.2 Å². The van der Waals surface area contributed by atoms with Crippen LogP contribution in [0.2, 0.25) is 0 Å². The summed E-state index contributed by atoms with van der Waals surface area (Å²) in [6.07, 6.45) is 4.46. The van der Waals surface area contributed by atoms with Crippen LogP contribution in [0.1, 0.15) is 38.2 Å². The molecule has 1 N–H and O–H groups in total. The van der Waals surface area contributed by atoms with E-state index in [9.17, 15) is 4.79 Å². The quantitative estimate of drug-likeness (QED) is 0.896. The summed E-state index contributed by atoms with van der Waals surface area (Å²) in [7, 11) is 0. The van der Waals surface area contributed by atoms with E-state index in [1.807, 2.05) is 11.8 Å². The third-order valence-electron chi connectivity index (χ3n) is 6.38. The second kappa shape index (κ2) is 6.87. The summed E-state index contributed by atoms with van der Waals surface area (Å²) in [5.41, 5.74) is 3.18. The molecule has 2 fully saturated rings. The van der Waals surface area contributed by atoms with Crippen LogP contribution in [0.3, 0.4) is 0 Å². The van der Waals surface area contributed by atoms with Gasteiger partial charge in [-0.3, -0.25) is 0 Å². The van der Waals surface area contributed by atoms with Crippen LogP contribution in [0.5, 0.6) is 0 Å². The lowest BCUT2D eigenvalue weighted by Gasteiger charge is -2.45. The Balaban J connectivity index is 1.32. The maximum absolute atomic E-state index is 11.9. The lowest BCUT2D eigenvalue weighted by atomic mass is 9.74. The Morgan fingerprint density at radius 3 is 2.64 bits per heavy atom. The predicted octanol–water partition coefficient (Wildman–Crippen LogP) is 3.07. The maximum Gasteiger partial charge on any atom is 0.409 e. The number of hydrogen-bond donors (Lipinski definition) is 1. The number of rotatable bonds is 2. The Kier molecular flexibility index (Phi) is 4.59. The van der Waals surface area contributed by atoms with Gasteiger partial charge in [-0.2, -0.15) is 0 Å². The summed E-state index contributed by atoms with van der Waals surface area (Å²) in [6.45, 7) is 7.40. The molecule has 0 aliphatic carbocycles. The van der Waals surface area contributed by atoms with Gasteiger partial charge in [0.1, 0.15) is 0 Å². The average molecular weight is 343 g/mol. The molecule has 3 aliphatic heterocycles. The van der Waals surface area contributed by atoms with Crippen LogP contribution >= 0.6 is 0 Å². The predicted molar refractivity (Wildman–Crippen MR) is 99.0 cm³/mol. The molecule has 0 bridgehead atoms. The highest BCUT2D eigenvalue weighted by atomic mass is 16.6. The van der Waals surface area contributed by atoms with Crippen LogP contribution in [0.15, 0.2) is 24.3 Å². The van der Waals surface area contributed by atoms with Crippen LogP contribution in [0.4, 0.5) is 10.5 Å². The van der Waals surface area contributed by atoms with Crippen LogP contribution in [-0.4, -0.2) is 61.3 Å². The van der Waals surface area contributed by atoms with Crippen LogP contribution < -0.4 is 5.32 Å². The molecule has 136 valence electrons. The number of fused-ring (bicyclic) bond motifs is 2. The van der Waals surface area contributed by atoms with E-state index in [0.29, 0.717) is 18.1 Å². The maximum atomic E-state index is 11.9. The van der Waals surface area contributed by atoms with Gasteiger partial charge in [0.2, 0.25) is 0 Å². The van der Waals surface area contributed by atoms with Crippen molar-refractivity contribution < 1.29 is 9.53 Å².